The summed E-state index contributed by atoms with van der Waals surface area (Å²) < 4.78 is 57.4. The summed E-state index contributed by atoms with van der Waals surface area (Å²) >= 11 is 13.5. The quantitative estimate of drug-likeness (QED) is 0.274. The van der Waals surface area contributed by atoms with E-state index in [9.17, 15) is 16.8 Å². The van der Waals surface area contributed by atoms with E-state index >= 15 is 0 Å². The SMILES string of the molecule is NS(=O)(=O)c1cc(-c2nnc(CNS(=O)(=O)c3ccc(Cl)cc3)o2)c(Cl)cc1SCc1ccccc1. The number of rotatable bonds is 9. The summed E-state index contributed by atoms with van der Waals surface area (Å²) in [5.41, 5.74) is 1.13. The maximum Gasteiger partial charge on any atom is 0.249 e. The van der Waals surface area contributed by atoms with Crippen LogP contribution in [0.3, 0.4) is 0 Å². The molecule has 0 saturated carbocycles. The first-order valence-electron chi connectivity index (χ1n) is 10.1. The summed E-state index contributed by atoms with van der Waals surface area (Å²) in [4.78, 5) is 0.229. The monoisotopic (exact) mass is 584 g/mol. The van der Waals surface area contributed by atoms with Crippen LogP contribution in [-0.2, 0) is 32.3 Å². The van der Waals surface area contributed by atoms with Crippen molar-refractivity contribution >= 4 is 55.0 Å². The molecule has 0 atom stereocenters. The summed E-state index contributed by atoms with van der Waals surface area (Å²) in [5.74, 6) is 0.348. The first kappa shape index (κ1) is 26.6. The van der Waals surface area contributed by atoms with E-state index < -0.39 is 20.0 Å². The third-order valence-corrected chi connectivity index (χ3v) is 9.00. The Morgan fingerprint density at radius 2 is 1.64 bits per heavy atom. The van der Waals surface area contributed by atoms with E-state index in [1.807, 2.05) is 30.3 Å². The molecule has 0 aliphatic carbocycles. The molecule has 1 aromatic heterocycles. The normalized spacial score (nSPS) is 12.1. The fraction of sp³-hybridized carbons (Fsp3) is 0.0909. The van der Waals surface area contributed by atoms with Gasteiger partial charge in [-0.15, -0.1) is 22.0 Å². The van der Waals surface area contributed by atoms with E-state index in [-0.39, 0.29) is 38.7 Å². The fourth-order valence-corrected chi connectivity index (χ4v) is 6.53. The highest BCUT2D eigenvalue weighted by Crippen LogP contribution is 2.37. The minimum absolute atomic E-state index is 0.0102. The molecule has 1 heterocycles. The highest BCUT2D eigenvalue weighted by atomic mass is 35.5. The zero-order valence-corrected chi connectivity index (χ0v) is 22.2. The van der Waals surface area contributed by atoms with Gasteiger partial charge in [0.2, 0.25) is 31.8 Å². The van der Waals surface area contributed by atoms with Gasteiger partial charge in [-0.3, -0.25) is 0 Å². The van der Waals surface area contributed by atoms with Crippen molar-refractivity contribution in [1.82, 2.24) is 14.9 Å². The summed E-state index contributed by atoms with van der Waals surface area (Å²) in [6.45, 7) is -0.303. The fourth-order valence-electron chi connectivity index (χ4n) is 3.06. The summed E-state index contributed by atoms with van der Waals surface area (Å²) in [5, 5.41) is 13.7. The van der Waals surface area contributed by atoms with Gasteiger partial charge in [0.1, 0.15) is 0 Å². The highest BCUT2D eigenvalue weighted by Gasteiger charge is 2.22. The number of hydrogen-bond acceptors (Lipinski definition) is 8. The van der Waals surface area contributed by atoms with E-state index in [0.29, 0.717) is 15.7 Å². The second-order valence-corrected chi connectivity index (χ2v) is 12.5. The largest absolute Gasteiger partial charge is 0.419 e. The highest BCUT2D eigenvalue weighted by molar-refractivity contribution is 7.99. The third-order valence-electron chi connectivity index (χ3n) is 4.81. The Hall–Kier alpha value is -2.45. The van der Waals surface area contributed by atoms with Gasteiger partial charge in [-0.2, -0.15) is 0 Å². The third kappa shape index (κ3) is 6.45. The molecule has 0 radical (unpaired) electrons. The Balaban J connectivity index is 1.56. The molecule has 0 fully saturated rings. The van der Waals surface area contributed by atoms with E-state index in [1.165, 1.54) is 48.2 Å². The number of aromatic nitrogens is 2. The molecule has 0 amide bonds. The van der Waals surface area contributed by atoms with Crippen LogP contribution in [0.5, 0.6) is 0 Å². The van der Waals surface area contributed by atoms with E-state index in [4.69, 9.17) is 32.8 Å². The van der Waals surface area contributed by atoms with Gasteiger partial charge in [0, 0.05) is 15.7 Å². The summed E-state index contributed by atoms with van der Waals surface area (Å²) in [6, 6.07) is 17.8. The van der Waals surface area contributed by atoms with Crippen LogP contribution in [0.2, 0.25) is 10.0 Å². The molecule has 4 rings (SSSR count). The molecule has 0 aliphatic rings. The number of benzene rings is 3. The number of halogens is 2. The molecule has 3 aromatic carbocycles. The van der Waals surface area contributed by atoms with Gasteiger partial charge in [-0.1, -0.05) is 53.5 Å². The Kier molecular flexibility index (Phi) is 8.05. The number of primary sulfonamides is 1. The standard InChI is InChI=1S/C22H18Cl2N4O5S3/c23-15-6-8-16(9-7-15)36(31,32)26-12-21-27-28-22(33-21)17-10-20(35(25,29)30)19(11-18(17)24)34-13-14-4-2-1-3-5-14/h1-11,26H,12-13H2,(H2,25,29,30). The lowest BCUT2D eigenvalue weighted by molar-refractivity contribution is 0.494. The smallest absolute Gasteiger partial charge is 0.249 e. The van der Waals surface area contributed by atoms with Crippen molar-refractivity contribution < 1.29 is 21.3 Å². The second kappa shape index (κ2) is 10.9. The van der Waals surface area contributed by atoms with Gasteiger partial charge in [0.15, 0.2) is 0 Å². The molecule has 3 N–H and O–H groups in total. The van der Waals surface area contributed by atoms with Crippen LogP contribution in [-0.4, -0.2) is 27.0 Å². The molecule has 188 valence electrons. The van der Waals surface area contributed by atoms with Crippen LogP contribution < -0.4 is 9.86 Å². The van der Waals surface area contributed by atoms with Crippen LogP contribution in [0.15, 0.2) is 85.8 Å². The van der Waals surface area contributed by atoms with Crippen molar-refractivity contribution in [3.8, 4) is 11.5 Å². The van der Waals surface area contributed by atoms with E-state index in [0.717, 1.165) is 5.56 Å². The predicted octanol–water partition coefficient (Wildman–Crippen LogP) is 4.46. The number of nitrogens with one attached hydrogen (secondary N) is 1. The molecule has 0 aliphatic heterocycles. The molecule has 0 bridgehead atoms. The topological polar surface area (TPSA) is 145 Å². The van der Waals surface area contributed by atoms with Crippen LogP contribution in [0, 0.1) is 0 Å². The molecular formula is C22H18Cl2N4O5S3. The van der Waals surface area contributed by atoms with Crippen LogP contribution in [0.4, 0.5) is 0 Å². The van der Waals surface area contributed by atoms with Crippen LogP contribution >= 0.6 is 35.0 Å². The van der Waals surface area contributed by atoms with Crippen LogP contribution in [0.1, 0.15) is 11.5 Å². The van der Waals surface area contributed by atoms with Gasteiger partial charge in [-0.25, -0.2) is 26.7 Å². The lowest BCUT2D eigenvalue weighted by Gasteiger charge is -2.11. The number of thioether (sulfide) groups is 1. The van der Waals surface area contributed by atoms with E-state index in [2.05, 4.69) is 14.9 Å². The first-order valence-corrected chi connectivity index (χ1v) is 14.9. The molecule has 9 nitrogen and oxygen atoms in total. The Labute approximate surface area is 222 Å². The number of hydrogen-bond donors (Lipinski definition) is 2. The number of nitrogens with zero attached hydrogens (tertiary/aromatic N) is 2. The maximum absolute atomic E-state index is 12.5. The van der Waals surface area contributed by atoms with Crippen molar-refractivity contribution in [2.45, 2.75) is 27.0 Å². The lowest BCUT2D eigenvalue weighted by Crippen LogP contribution is -2.23. The molecule has 4 aromatic rings. The summed E-state index contributed by atoms with van der Waals surface area (Å²) in [6.07, 6.45) is 0. The van der Waals surface area contributed by atoms with E-state index in [1.54, 1.807) is 0 Å². The lowest BCUT2D eigenvalue weighted by atomic mass is 10.2. The van der Waals surface area contributed by atoms with Gasteiger partial charge in [0.25, 0.3) is 0 Å². The number of sulfonamides is 2. The minimum atomic E-state index is -4.11. The number of nitrogens with two attached hydrogens (primary N) is 1. The van der Waals surface area contributed by atoms with Crippen molar-refractivity contribution in [2.75, 3.05) is 0 Å². The first-order chi connectivity index (χ1) is 17.0. The predicted molar refractivity (Wildman–Crippen MR) is 138 cm³/mol. The second-order valence-electron chi connectivity index (χ2n) is 7.38. The Bertz CT molecular complexity index is 1590. The maximum atomic E-state index is 12.5. The van der Waals surface area contributed by atoms with Crippen molar-refractivity contribution in [1.29, 1.82) is 0 Å². The Morgan fingerprint density at radius 1 is 0.944 bits per heavy atom. The van der Waals surface area contributed by atoms with Gasteiger partial charge in [-0.05, 0) is 42.0 Å². The average molecular weight is 586 g/mol. The molecule has 14 heteroatoms. The zero-order valence-electron chi connectivity index (χ0n) is 18.3. The molecular weight excluding hydrogens is 567 g/mol. The molecule has 0 saturated heterocycles. The Morgan fingerprint density at radius 3 is 2.31 bits per heavy atom. The zero-order chi connectivity index (χ0) is 25.9. The van der Waals surface area contributed by atoms with Gasteiger partial charge >= 0.3 is 0 Å². The van der Waals surface area contributed by atoms with Gasteiger partial charge in [0.05, 0.1) is 26.9 Å². The van der Waals surface area contributed by atoms with Crippen LogP contribution in [0.25, 0.3) is 11.5 Å². The molecule has 0 spiro atoms. The molecule has 36 heavy (non-hydrogen) atoms. The summed E-state index contributed by atoms with van der Waals surface area (Å²) in [7, 11) is -7.97. The van der Waals surface area contributed by atoms with Crippen molar-refractivity contribution in [3.05, 3.63) is 88.2 Å². The van der Waals surface area contributed by atoms with Crippen molar-refractivity contribution in [3.63, 3.8) is 0 Å². The molecule has 0 unspecified atom stereocenters. The van der Waals surface area contributed by atoms with Crippen molar-refractivity contribution in [2.24, 2.45) is 5.14 Å². The minimum Gasteiger partial charge on any atom is -0.419 e. The average Bonchev–Trinajstić information content (AvgIpc) is 3.30. The van der Waals surface area contributed by atoms with Gasteiger partial charge < -0.3 is 4.42 Å².